The van der Waals surface area contributed by atoms with Crippen LogP contribution in [0.4, 0.5) is 0 Å². The van der Waals surface area contributed by atoms with Gasteiger partial charge in [0, 0.05) is 19.3 Å². The Balaban J connectivity index is 3.49. The van der Waals surface area contributed by atoms with Crippen molar-refractivity contribution in [1.82, 2.24) is 5.32 Å². The predicted octanol–water partition coefficient (Wildman–Crippen LogP) is 1.59. The Bertz CT molecular complexity index is 185. The lowest BCUT2D eigenvalue weighted by atomic mass is 10.0. The van der Waals surface area contributed by atoms with E-state index < -0.39 is 0 Å². The highest BCUT2D eigenvalue weighted by atomic mass is 16.5. The van der Waals surface area contributed by atoms with Crippen molar-refractivity contribution in [2.24, 2.45) is 5.92 Å². The van der Waals surface area contributed by atoms with Crippen molar-refractivity contribution in [2.75, 3.05) is 26.9 Å². The monoisotopic (exact) mass is 231 g/mol. The number of hydrogen-bond donors (Lipinski definition) is 1. The third-order valence-corrected chi connectivity index (χ3v) is 2.60. The zero-order valence-corrected chi connectivity index (χ0v) is 10.9. The van der Waals surface area contributed by atoms with Crippen molar-refractivity contribution in [2.45, 2.75) is 39.7 Å². The number of rotatable bonds is 9. The van der Waals surface area contributed by atoms with Crippen molar-refractivity contribution in [3.05, 3.63) is 0 Å². The minimum Gasteiger partial charge on any atom is -0.469 e. The summed E-state index contributed by atoms with van der Waals surface area (Å²) in [6.07, 6.45) is 2.03. The minimum absolute atomic E-state index is 0.110. The van der Waals surface area contributed by atoms with Crippen LogP contribution in [-0.4, -0.2) is 38.9 Å². The number of hydrogen-bond acceptors (Lipinski definition) is 4. The van der Waals surface area contributed by atoms with E-state index in [1.165, 1.54) is 7.11 Å². The Kier molecular flexibility index (Phi) is 9.24. The maximum absolute atomic E-state index is 11.2. The molecule has 2 unspecified atom stereocenters. The van der Waals surface area contributed by atoms with Crippen molar-refractivity contribution >= 4 is 5.97 Å². The number of esters is 1. The summed E-state index contributed by atoms with van der Waals surface area (Å²) in [6, 6.07) is 0.138. The van der Waals surface area contributed by atoms with Gasteiger partial charge in [-0.25, -0.2) is 0 Å². The quantitative estimate of drug-likeness (QED) is 0.483. The van der Waals surface area contributed by atoms with Crippen molar-refractivity contribution < 1.29 is 14.3 Å². The van der Waals surface area contributed by atoms with Crippen molar-refractivity contribution in [3.8, 4) is 0 Å². The number of methoxy groups -OCH3 is 1. The molecule has 16 heavy (non-hydrogen) atoms. The lowest BCUT2D eigenvalue weighted by molar-refractivity contribution is -0.145. The van der Waals surface area contributed by atoms with Crippen LogP contribution in [0.5, 0.6) is 0 Å². The van der Waals surface area contributed by atoms with E-state index in [1.807, 2.05) is 13.8 Å². The lowest BCUT2D eigenvalue weighted by Gasteiger charge is -2.19. The first-order valence-electron chi connectivity index (χ1n) is 6.02. The van der Waals surface area contributed by atoms with E-state index >= 15 is 0 Å². The second-order valence-electron chi connectivity index (χ2n) is 4.02. The van der Waals surface area contributed by atoms with Gasteiger partial charge in [0.1, 0.15) is 0 Å². The summed E-state index contributed by atoms with van der Waals surface area (Å²) in [5.41, 5.74) is 0. The molecule has 96 valence electrons. The van der Waals surface area contributed by atoms with E-state index in [0.717, 1.165) is 32.6 Å². The first-order valence-corrected chi connectivity index (χ1v) is 6.02. The Morgan fingerprint density at radius 2 is 2.00 bits per heavy atom. The molecule has 4 heteroatoms. The van der Waals surface area contributed by atoms with Gasteiger partial charge in [0.25, 0.3) is 0 Å². The van der Waals surface area contributed by atoms with Gasteiger partial charge in [-0.1, -0.05) is 13.8 Å². The van der Waals surface area contributed by atoms with Gasteiger partial charge in [-0.05, 0) is 26.3 Å². The van der Waals surface area contributed by atoms with E-state index in [4.69, 9.17) is 4.74 Å². The summed E-state index contributed by atoms with van der Waals surface area (Å²) in [7, 11) is 1.42. The second kappa shape index (κ2) is 9.60. The fraction of sp³-hybridized carbons (Fsp3) is 0.917. The number of nitrogens with one attached hydrogen (secondary N) is 1. The Labute approximate surface area is 98.7 Å². The first-order chi connectivity index (χ1) is 7.63. The molecule has 0 aromatic rings. The van der Waals surface area contributed by atoms with E-state index in [0.29, 0.717) is 0 Å². The van der Waals surface area contributed by atoms with Gasteiger partial charge in [0.05, 0.1) is 13.0 Å². The lowest BCUT2D eigenvalue weighted by Crippen LogP contribution is -2.37. The van der Waals surface area contributed by atoms with Gasteiger partial charge in [0.15, 0.2) is 0 Å². The molecule has 0 bridgehead atoms. The summed E-state index contributed by atoms with van der Waals surface area (Å²) < 4.78 is 10.1. The van der Waals surface area contributed by atoms with Crippen LogP contribution in [-0.2, 0) is 14.3 Å². The molecule has 0 aromatic heterocycles. The molecular weight excluding hydrogens is 206 g/mol. The average molecular weight is 231 g/mol. The van der Waals surface area contributed by atoms with Crippen LogP contribution >= 0.6 is 0 Å². The normalized spacial score (nSPS) is 14.5. The molecule has 0 aromatic carbocycles. The van der Waals surface area contributed by atoms with E-state index in [-0.39, 0.29) is 17.9 Å². The molecule has 0 aliphatic heterocycles. The van der Waals surface area contributed by atoms with Crippen LogP contribution in [0.2, 0.25) is 0 Å². The maximum Gasteiger partial charge on any atom is 0.309 e. The third-order valence-electron chi connectivity index (χ3n) is 2.60. The van der Waals surface area contributed by atoms with Crippen LogP contribution < -0.4 is 5.32 Å². The van der Waals surface area contributed by atoms with Gasteiger partial charge in [-0.15, -0.1) is 0 Å². The number of ether oxygens (including phenoxy) is 2. The zero-order valence-electron chi connectivity index (χ0n) is 10.9. The summed E-state index contributed by atoms with van der Waals surface area (Å²) in [5, 5.41) is 3.29. The molecule has 0 aliphatic rings. The Hall–Kier alpha value is -0.610. The van der Waals surface area contributed by atoms with Crippen LogP contribution in [0, 0.1) is 5.92 Å². The minimum atomic E-state index is -0.165. The molecule has 0 heterocycles. The van der Waals surface area contributed by atoms with Crippen LogP contribution in [0.1, 0.15) is 33.6 Å². The van der Waals surface area contributed by atoms with Crippen LogP contribution in [0.15, 0.2) is 0 Å². The Morgan fingerprint density at radius 1 is 1.31 bits per heavy atom. The summed E-state index contributed by atoms with van der Waals surface area (Å²) in [6.45, 7) is 8.43. The van der Waals surface area contributed by atoms with E-state index in [2.05, 4.69) is 17.0 Å². The number of carbonyl (C=O) groups is 1. The van der Waals surface area contributed by atoms with Crippen LogP contribution in [0.3, 0.4) is 0 Å². The highest BCUT2D eigenvalue weighted by Gasteiger charge is 2.19. The fourth-order valence-corrected chi connectivity index (χ4v) is 1.32. The summed E-state index contributed by atoms with van der Waals surface area (Å²) in [4.78, 5) is 11.2. The smallest absolute Gasteiger partial charge is 0.309 e. The molecule has 0 fully saturated rings. The molecule has 0 spiro atoms. The maximum atomic E-state index is 11.2. The SMILES string of the molecule is CCCOCCCNC(C)C(C)C(=O)OC. The molecular formula is C12H25NO3. The van der Waals surface area contributed by atoms with Gasteiger partial charge < -0.3 is 14.8 Å². The Morgan fingerprint density at radius 3 is 2.56 bits per heavy atom. The largest absolute Gasteiger partial charge is 0.469 e. The highest BCUT2D eigenvalue weighted by Crippen LogP contribution is 2.04. The van der Waals surface area contributed by atoms with E-state index in [1.54, 1.807) is 0 Å². The fourth-order valence-electron chi connectivity index (χ4n) is 1.32. The van der Waals surface area contributed by atoms with Crippen LogP contribution in [0.25, 0.3) is 0 Å². The second-order valence-corrected chi connectivity index (χ2v) is 4.02. The van der Waals surface area contributed by atoms with Crippen molar-refractivity contribution in [1.29, 1.82) is 0 Å². The molecule has 0 radical (unpaired) electrons. The standard InChI is InChI=1S/C12H25NO3/c1-5-8-16-9-6-7-13-11(3)10(2)12(14)15-4/h10-11,13H,5-9H2,1-4H3. The summed E-state index contributed by atoms with van der Waals surface area (Å²) in [5.74, 6) is -0.274. The third kappa shape index (κ3) is 6.80. The molecule has 1 N–H and O–H groups in total. The molecule has 0 amide bonds. The highest BCUT2D eigenvalue weighted by molar-refractivity contribution is 5.72. The molecule has 0 saturated carbocycles. The summed E-state index contributed by atoms with van der Waals surface area (Å²) >= 11 is 0. The molecule has 0 saturated heterocycles. The van der Waals surface area contributed by atoms with Gasteiger partial charge >= 0.3 is 5.97 Å². The van der Waals surface area contributed by atoms with Gasteiger partial charge in [0.2, 0.25) is 0 Å². The molecule has 2 atom stereocenters. The van der Waals surface area contributed by atoms with Gasteiger partial charge in [-0.3, -0.25) is 4.79 Å². The number of carbonyl (C=O) groups excluding carboxylic acids is 1. The molecule has 0 rings (SSSR count). The molecule has 4 nitrogen and oxygen atoms in total. The van der Waals surface area contributed by atoms with E-state index in [9.17, 15) is 4.79 Å². The predicted molar refractivity (Wildman–Crippen MR) is 64.4 cm³/mol. The van der Waals surface area contributed by atoms with Gasteiger partial charge in [-0.2, -0.15) is 0 Å². The average Bonchev–Trinajstić information content (AvgIpc) is 2.31. The zero-order chi connectivity index (χ0) is 12.4. The topological polar surface area (TPSA) is 47.6 Å². The first kappa shape index (κ1) is 15.4. The molecule has 0 aliphatic carbocycles. The van der Waals surface area contributed by atoms with Crippen molar-refractivity contribution in [3.63, 3.8) is 0 Å².